The van der Waals surface area contributed by atoms with E-state index in [1.807, 2.05) is 99.6 Å². The number of aliphatic hydroxyl groups is 2. The Bertz CT molecular complexity index is 1840. The first-order valence-corrected chi connectivity index (χ1v) is 19.6. The Morgan fingerprint density at radius 1 is 1.02 bits per heavy atom. The van der Waals surface area contributed by atoms with Gasteiger partial charge < -0.3 is 45.4 Å². The van der Waals surface area contributed by atoms with Crippen molar-refractivity contribution in [1.29, 1.82) is 0 Å². The minimum atomic E-state index is -1.74. The first-order chi connectivity index (χ1) is 26.3. The van der Waals surface area contributed by atoms with E-state index in [1.165, 1.54) is 16.7 Å². The van der Waals surface area contributed by atoms with Gasteiger partial charge in [0.2, 0.25) is 11.8 Å². The smallest absolute Gasteiger partial charge is 0.258 e. The van der Waals surface area contributed by atoms with Gasteiger partial charge in [-0.05, 0) is 55.5 Å². The quantitative estimate of drug-likeness (QED) is 0.164. The number of fused-ring (bicyclic) bond motifs is 1. The highest BCUT2D eigenvalue weighted by Crippen LogP contribution is 2.41. The molecule has 14 heteroatoms. The Hall–Kier alpha value is -4.63. The fraction of sp³-hybridized carbons (Fsp3) is 0.463. The molecule has 0 saturated carbocycles. The minimum absolute atomic E-state index is 0.0962. The van der Waals surface area contributed by atoms with Crippen molar-refractivity contribution in [2.24, 2.45) is 5.92 Å². The lowest BCUT2D eigenvalue weighted by atomic mass is 9.94. The number of thioether (sulfide) groups is 1. The Balaban J connectivity index is 1.18. The molecule has 3 aliphatic rings. The molecule has 0 radical (unpaired) electrons. The zero-order valence-electron chi connectivity index (χ0n) is 31.6. The molecule has 0 spiro atoms. The third-order valence-corrected chi connectivity index (χ3v) is 12.0. The van der Waals surface area contributed by atoms with Crippen LogP contribution in [0.15, 0.2) is 78.9 Å². The molecule has 0 aromatic heterocycles. The summed E-state index contributed by atoms with van der Waals surface area (Å²) >= 11 is 1.40. The van der Waals surface area contributed by atoms with E-state index >= 15 is 0 Å². The summed E-state index contributed by atoms with van der Waals surface area (Å²) in [5, 5.41) is 31.4. The number of nitrogens with zero attached hydrogens (tertiary/aromatic N) is 2. The van der Waals surface area contributed by atoms with E-state index in [9.17, 15) is 29.4 Å². The summed E-state index contributed by atoms with van der Waals surface area (Å²) in [6, 6.07) is 20.2. The SMILES string of the molecule is CN(C)c1cccc(OCC(=O)N[C@H](C(=O)N[C@@H](Cc2ccccc2)[C@H](O)C(=O)N2CSC(C)(C)[C@H]2C(=O)N[C@H]2c3ccccc3C[C@H]2O)[C@H]2CCOC2)c1. The number of carbonyl (C=O) groups is 4. The predicted octanol–water partition coefficient (Wildman–Crippen LogP) is 2.20. The van der Waals surface area contributed by atoms with E-state index in [2.05, 4.69) is 16.0 Å². The monoisotopic (exact) mass is 773 g/mol. The Kier molecular flexibility index (Phi) is 12.7. The second-order valence-electron chi connectivity index (χ2n) is 15.1. The summed E-state index contributed by atoms with van der Waals surface area (Å²) in [6.07, 6.45) is -1.54. The fourth-order valence-corrected chi connectivity index (χ4v) is 8.69. The lowest BCUT2D eigenvalue weighted by Crippen LogP contribution is -2.61. The number of rotatable bonds is 14. The Morgan fingerprint density at radius 2 is 1.76 bits per heavy atom. The Labute approximate surface area is 326 Å². The molecule has 2 heterocycles. The van der Waals surface area contributed by atoms with Crippen LogP contribution in [0.4, 0.5) is 5.69 Å². The molecule has 5 N–H and O–H groups in total. The Morgan fingerprint density at radius 3 is 2.49 bits per heavy atom. The van der Waals surface area contributed by atoms with Crippen molar-refractivity contribution < 1.29 is 38.9 Å². The summed E-state index contributed by atoms with van der Waals surface area (Å²) in [5.74, 6) is -1.98. The molecule has 55 heavy (non-hydrogen) atoms. The van der Waals surface area contributed by atoms with Gasteiger partial charge in [0.05, 0.1) is 30.7 Å². The number of hydrogen-bond donors (Lipinski definition) is 5. The normalized spacial score (nSPS) is 22.9. The molecule has 2 aliphatic heterocycles. The fourth-order valence-electron chi connectivity index (χ4n) is 7.55. The molecule has 294 valence electrons. The van der Waals surface area contributed by atoms with Gasteiger partial charge in [0.1, 0.15) is 17.8 Å². The molecule has 0 bridgehead atoms. The minimum Gasteiger partial charge on any atom is -0.484 e. The number of amides is 4. The topological polar surface area (TPSA) is 170 Å². The number of hydrogen-bond acceptors (Lipinski definition) is 10. The lowest BCUT2D eigenvalue weighted by molar-refractivity contribution is -0.148. The molecule has 13 nitrogen and oxygen atoms in total. The van der Waals surface area contributed by atoms with Crippen LogP contribution in [-0.4, -0.2) is 114 Å². The van der Waals surface area contributed by atoms with E-state index < -0.39 is 64.8 Å². The lowest BCUT2D eigenvalue weighted by Gasteiger charge is -2.35. The van der Waals surface area contributed by atoms with Crippen molar-refractivity contribution >= 4 is 41.1 Å². The van der Waals surface area contributed by atoms with Crippen molar-refractivity contribution in [3.05, 3.63) is 95.6 Å². The number of carbonyl (C=O) groups excluding carboxylic acids is 4. The maximum atomic E-state index is 14.3. The molecular weight excluding hydrogens is 723 g/mol. The average molecular weight is 774 g/mol. The summed E-state index contributed by atoms with van der Waals surface area (Å²) in [4.78, 5) is 59.0. The molecule has 2 saturated heterocycles. The number of aliphatic hydroxyl groups excluding tert-OH is 2. The summed E-state index contributed by atoms with van der Waals surface area (Å²) in [7, 11) is 3.80. The summed E-state index contributed by atoms with van der Waals surface area (Å²) in [5.41, 5.74) is 3.44. The van der Waals surface area contributed by atoms with Crippen LogP contribution in [0.5, 0.6) is 5.75 Å². The molecule has 6 rings (SSSR count). The van der Waals surface area contributed by atoms with Crippen LogP contribution in [0, 0.1) is 5.92 Å². The molecule has 1 aliphatic carbocycles. The van der Waals surface area contributed by atoms with Gasteiger partial charge >= 0.3 is 0 Å². The summed E-state index contributed by atoms with van der Waals surface area (Å²) in [6.45, 7) is 4.05. The van der Waals surface area contributed by atoms with Crippen molar-refractivity contribution in [1.82, 2.24) is 20.9 Å². The molecule has 3 aromatic carbocycles. The van der Waals surface area contributed by atoms with Crippen molar-refractivity contribution in [2.45, 2.75) is 74.2 Å². The number of nitrogens with one attached hydrogen (secondary N) is 3. The third-order valence-electron chi connectivity index (χ3n) is 10.6. The molecule has 3 aromatic rings. The van der Waals surface area contributed by atoms with Gasteiger partial charge in [-0.1, -0.05) is 60.7 Å². The van der Waals surface area contributed by atoms with Crippen LogP contribution in [0.1, 0.15) is 43.0 Å². The highest BCUT2D eigenvalue weighted by atomic mass is 32.2. The van der Waals surface area contributed by atoms with E-state index in [1.54, 1.807) is 12.1 Å². The standard InChI is InChI=1S/C41H51N5O8S/c1-41(2)37(39(51)44-35-30-16-9-8-13-26(30)20-32(35)47)46(24-55-41)40(52)36(49)31(19-25-11-6-5-7-12-25)42-38(50)34(27-17-18-53-22-27)43-33(48)23-54-29-15-10-14-28(21-29)45(3)4/h5-16,21,27,31-32,34-37,47,49H,17-20,22-24H2,1-4H3,(H,42,50)(H,43,48)(H,44,51)/t27-,31-,32+,34-,35-,36-,37+/m0/s1. The highest BCUT2D eigenvalue weighted by Gasteiger charge is 2.51. The average Bonchev–Trinajstić information content (AvgIpc) is 3.90. The second-order valence-corrected chi connectivity index (χ2v) is 16.7. The van der Waals surface area contributed by atoms with Gasteiger partial charge in [-0.2, -0.15) is 0 Å². The van der Waals surface area contributed by atoms with E-state index in [-0.39, 0.29) is 31.4 Å². The highest BCUT2D eigenvalue weighted by molar-refractivity contribution is 8.00. The largest absolute Gasteiger partial charge is 0.484 e. The first-order valence-electron chi connectivity index (χ1n) is 18.6. The van der Waals surface area contributed by atoms with Crippen LogP contribution in [-0.2, 0) is 36.8 Å². The maximum absolute atomic E-state index is 14.3. The predicted molar refractivity (Wildman–Crippen MR) is 209 cm³/mol. The van der Waals surface area contributed by atoms with Crippen LogP contribution in [0.25, 0.3) is 0 Å². The van der Waals surface area contributed by atoms with Crippen molar-refractivity contribution in [3.63, 3.8) is 0 Å². The third kappa shape index (κ3) is 9.43. The van der Waals surface area contributed by atoms with Gasteiger partial charge in [-0.15, -0.1) is 11.8 Å². The van der Waals surface area contributed by atoms with Crippen LogP contribution in [0.2, 0.25) is 0 Å². The maximum Gasteiger partial charge on any atom is 0.258 e. The zero-order chi connectivity index (χ0) is 39.3. The number of ether oxygens (including phenoxy) is 2. The van der Waals surface area contributed by atoms with Crippen LogP contribution in [0.3, 0.4) is 0 Å². The van der Waals surface area contributed by atoms with Crippen LogP contribution < -0.4 is 25.6 Å². The molecule has 0 unspecified atom stereocenters. The zero-order valence-corrected chi connectivity index (χ0v) is 32.5. The van der Waals surface area contributed by atoms with Crippen molar-refractivity contribution in [2.75, 3.05) is 44.7 Å². The molecule has 4 amide bonds. The van der Waals surface area contributed by atoms with Gasteiger partial charge in [0.25, 0.3) is 11.8 Å². The molecular formula is C41H51N5O8S. The van der Waals surface area contributed by atoms with Gasteiger partial charge in [0, 0.05) is 49.5 Å². The van der Waals surface area contributed by atoms with E-state index in [0.717, 1.165) is 22.4 Å². The molecule has 7 atom stereocenters. The van der Waals surface area contributed by atoms with Gasteiger partial charge in [-0.25, -0.2) is 0 Å². The number of anilines is 1. The summed E-state index contributed by atoms with van der Waals surface area (Å²) < 4.78 is 10.6. The number of benzene rings is 3. The van der Waals surface area contributed by atoms with Gasteiger partial charge in [0.15, 0.2) is 12.7 Å². The second kappa shape index (κ2) is 17.4. The first kappa shape index (κ1) is 40.0. The van der Waals surface area contributed by atoms with E-state index in [0.29, 0.717) is 25.2 Å². The molecule has 2 fully saturated rings. The van der Waals surface area contributed by atoms with Crippen molar-refractivity contribution in [3.8, 4) is 5.75 Å². The van der Waals surface area contributed by atoms with E-state index in [4.69, 9.17) is 9.47 Å². The van der Waals surface area contributed by atoms with Crippen LogP contribution >= 0.6 is 11.8 Å². The van der Waals surface area contributed by atoms with Gasteiger partial charge in [-0.3, -0.25) is 19.2 Å².